The van der Waals surface area contributed by atoms with Crippen molar-refractivity contribution < 1.29 is 8.42 Å². The Hall–Kier alpha value is -2.77. The Balaban J connectivity index is 1.79. The van der Waals surface area contributed by atoms with Gasteiger partial charge in [0.25, 0.3) is 0 Å². The van der Waals surface area contributed by atoms with Crippen molar-refractivity contribution in [2.24, 2.45) is 5.14 Å². The van der Waals surface area contributed by atoms with E-state index in [9.17, 15) is 8.42 Å². The molecular formula is C20H18N4O2S. The molecule has 4 aromatic rings. The second-order valence-electron chi connectivity index (χ2n) is 6.98. The lowest BCUT2D eigenvalue weighted by molar-refractivity contribution is 0.598. The van der Waals surface area contributed by atoms with Gasteiger partial charge in [0.15, 0.2) is 0 Å². The quantitative estimate of drug-likeness (QED) is 0.559. The molecule has 1 aliphatic rings. The number of aromatic nitrogens is 3. The highest BCUT2D eigenvalue weighted by atomic mass is 32.2. The zero-order valence-electron chi connectivity index (χ0n) is 14.6. The van der Waals surface area contributed by atoms with Crippen molar-refractivity contribution in [1.29, 1.82) is 0 Å². The molecule has 5 rings (SSSR count). The maximum absolute atomic E-state index is 11.5. The minimum Gasteiger partial charge on any atom is -0.278 e. The number of hydrogen-bond acceptors (Lipinski definition) is 4. The Morgan fingerprint density at radius 2 is 1.70 bits per heavy atom. The average molecular weight is 378 g/mol. The number of H-pyrrole nitrogens is 1. The molecule has 0 unspecified atom stereocenters. The molecule has 0 spiro atoms. The van der Waals surface area contributed by atoms with Crippen LogP contribution in [-0.2, 0) is 22.9 Å². The summed E-state index contributed by atoms with van der Waals surface area (Å²) in [4.78, 5) is 5.07. The molecule has 0 aliphatic heterocycles. The number of pyridine rings is 1. The molecule has 0 fully saturated rings. The Bertz CT molecular complexity index is 1290. The first-order valence-electron chi connectivity index (χ1n) is 8.93. The van der Waals surface area contributed by atoms with Crippen LogP contribution in [0.4, 0.5) is 0 Å². The van der Waals surface area contributed by atoms with Crippen molar-refractivity contribution in [2.45, 2.75) is 30.6 Å². The summed E-state index contributed by atoms with van der Waals surface area (Å²) in [6.45, 7) is 0. The highest BCUT2D eigenvalue weighted by Crippen LogP contribution is 2.37. The van der Waals surface area contributed by atoms with Crippen LogP contribution in [0.15, 0.2) is 47.5 Å². The van der Waals surface area contributed by atoms with Gasteiger partial charge in [0.1, 0.15) is 0 Å². The monoisotopic (exact) mass is 378 g/mol. The van der Waals surface area contributed by atoms with Crippen LogP contribution < -0.4 is 5.14 Å². The molecule has 0 bridgehead atoms. The second kappa shape index (κ2) is 5.87. The molecule has 0 saturated carbocycles. The minimum atomic E-state index is -3.70. The predicted molar refractivity (Wildman–Crippen MR) is 105 cm³/mol. The summed E-state index contributed by atoms with van der Waals surface area (Å²) >= 11 is 0. The van der Waals surface area contributed by atoms with Crippen LogP contribution >= 0.6 is 0 Å². The molecule has 2 aromatic carbocycles. The number of nitrogens with two attached hydrogens (primary N) is 1. The van der Waals surface area contributed by atoms with Gasteiger partial charge in [-0.3, -0.25) is 5.10 Å². The normalized spacial score (nSPS) is 14.6. The maximum atomic E-state index is 11.5. The lowest BCUT2D eigenvalue weighted by Gasteiger charge is -2.21. The van der Waals surface area contributed by atoms with Crippen molar-refractivity contribution in [3.8, 4) is 11.3 Å². The number of primary sulfonamides is 1. The van der Waals surface area contributed by atoms with Crippen LogP contribution in [-0.4, -0.2) is 23.6 Å². The molecule has 0 saturated heterocycles. The van der Waals surface area contributed by atoms with Crippen LogP contribution in [0.3, 0.4) is 0 Å². The van der Waals surface area contributed by atoms with Crippen LogP contribution in [0.25, 0.3) is 33.1 Å². The highest BCUT2D eigenvalue weighted by Gasteiger charge is 2.21. The molecule has 27 heavy (non-hydrogen) atoms. The third-order valence-corrected chi connectivity index (χ3v) is 6.28. The van der Waals surface area contributed by atoms with Crippen LogP contribution in [0, 0.1) is 0 Å². The van der Waals surface area contributed by atoms with E-state index in [0.717, 1.165) is 53.4 Å². The van der Waals surface area contributed by atoms with Gasteiger partial charge < -0.3 is 0 Å². The molecule has 2 aromatic heterocycles. The number of rotatable bonds is 2. The van der Waals surface area contributed by atoms with E-state index >= 15 is 0 Å². The fourth-order valence-corrected chi connectivity index (χ4v) is 4.60. The Kier molecular flexibility index (Phi) is 3.57. The van der Waals surface area contributed by atoms with E-state index in [2.05, 4.69) is 10.2 Å². The summed E-state index contributed by atoms with van der Waals surface area (Å²) < 4.78 is 23.1. The smallest absolute Gasteiger partial charge is 0.238 e. The Morgan fingerprint density at radius 3 is 2.44 bits per heavy atom. The number of sulfonamides is 1. The fraction of sp³-hybridized carbons (Fsp3) is 0.200. The van der Waals surface area contributed by atoms with Crippen molar-refractivity contribution in [3.05, 3.63) is 53.7 Å². The van der Waals surface area contributed by atoms with Gasteiger partial charge in [-0.05, 0) is 61.1 Å². The minimum absolute atomic E-state index is 0.112. The zero-order chi connectivity index (χ0) is 18.6. The maximum Gasteiger partial charge on any atom is 0.238 e. The molecule has 3 N–H and O–H groups in total. The zero-order valence-corrected chi connectivity index (χ0v) is 15.4. The molecule has 0 atom stereocenters. The lowest BCUT2D eigenvalue weighted by Crippen LogP contribution is -2.12. The number of nitrogens with zero attached hydrogens (tertiary/aromatic N) is 2. The molecule has 1 aliphatic carbocycles. The first-order chi connectivity index (χ1) is 13.0. The Morgan fingerprint density at radius 1 is 0.963 bits per heavy atom. The van der Waals surface area contributed by atoms with Crippen molar-refractivity contribution in [1.82, 2.24) is 15.2 Å². The summed E-state index contributed by atoms with van der Waals surface area (Å²) in [5.41, 5.74) is 6.39. The SMILES string of the molecule is NS(=O)(=O)c1ccc(-c2nc3ccc4[nH]ncc4c3c3c2CCCC3)cc1. The average Bonchev–Trinajstić information content (AvgIpc) is 3.15. The van der Waals surface area contributed by atoms with Gasteiger partial charge in [-0.25, -0.2) is 18.5 Å². The van der Waals surface area contributed by atoms with Gasteiger partial charge in [0.05, 0.1) is 27.8 Å². The molecular weight excluding hydrogens is 360 g/mol. The lowest BCUT2D eigenvalue weighted by atomic mass is 9.85. The van der Waals surface area contributed by atoms with E-state index in [1.54, 1.807) is 24.3 Å². The summed E-state index contributed by atoms with van der Waals surface area (Å²) in [5.74, 6) is 0. The van der Waals surface area contributed by atoms with Gasteiger partial charge in [-0.15, -0.1) is 0 Å². The number of aromatic amines is 1. The van der Waals surface area contributed by atoms with Gasteiger partial charge in [0, 0.05) is 16.3 Å². The second-order valence-corrected chi connectivity index (χ2v) is 8.55. The van der Waals surface area contributed by atoms with E-state index in [0.29, 0.717) is 0 Å². The van der Waals surface area contributed by atoms with Crippen LogP contribution in [0.2, 0.25) is 0 Å². The standard InChI is InChI=1S/C20H18N4O2S/c21-27(25,26)13-7-5-12(6-8-13)20-15-4-2-1-3-14(15)19-16-11-22-24-17(16)9-10-18(19)23-20/h5-11H,1-4H2,(H,22,24)(H2,21,25,26). The third-order valence-electron chi connectivity index (χ3n) is 5.35. The van der Waals surface area contributed by atoms with Crippen molar-refractivity contribution in [3.63, 3.8) is 0 Å². The molecule has 2 heterocycles. The van der Waals surface area contributed by atoms with Gasteiger partial charge in [-0.1, -0.05) is 12.1 Å². The van der Waals surface area contributed by atoms with Gasteiger partial charge in [0.2, 0.25) is 10.0 Å². The van der Waals surface area contributed by atoms with Gasteiger partial charge in [-0.2, -0.15) is 5.10 Å². The topological polar surface area (TPSA) is 102 Å². The van der Waals surface area contributed by atoms with Crippen molar-refractivity contribution in [2.75, 3.05) is 0 Å². The first kappa shape index (κ1) is 16.4. The van der Waals surface area contributed by atoms with Crippen molar-refractivity contribution >= 4 is 31.8 Å². The predicted octanol–water partition coefficient (Wildman–Crippen LogP) is 3.30. The summed E-state index contributed by atoms with van der Waals surface area (Å²) in [6.07, 6.45) is 6.14. The summed E-state index contributed by atoms with van der Waals surface area (Å²) in [6, 6.07) is 10.7. The fourth-order valence-electron chi connectivity index (χ4n) is 4.09. The number of aryl methyl sites for hydroxylation is 1. The summed E-state index contributed by atoms with van der Waals surface area (Å²) in [5, 5.41) is 14.7. The number of nitrogens with one attached hydrogen (secondary N) is 1. The first-order valence-corrected chi connectivity index (χ1v) is 10.5. The third kappa shape index (κ3) is 2.62. The number of benzene rings is 2. The van der Waals surface area contributed by atoms with E-state index in [-0.39, 0.29) is 4.90 Å². The molecule has 6 nitrogen and oxygen atoms in total. The van der Waals surface area contributed by atoms with E-state index in [1.165, 1.54) is 16.5 Å². The van der Waals surface area contributed by atoms with Crippen LogP contribution in [0.5, 0.6) is 0 Å². The summed E-state index contributed by atoms with van der Waals surface area (Å²) in [7, 11) is -3.70. The molecule has 0 radical (unpaired) electrons. The van der Waals surface area contributed by atoms with E-state index < -0.39 is 10.0 Å². The van der Waals surface area contributed by atoms with E-state index in [1.807, 2.05) is 18.3 Å². The highest BCUT2D eigenvalue weighted by molar-refractivity contribution is 7.89. The van der Waals surface area contributed by atoms with Crippen LogP contribution in [0.1, 0.15) is 24.0 Å². The van der Waals surface area contributed by atoms with Gasteiger partial charge >= 0.3 is 0 Å². The molecule has 0 amide bonds. The molecule has 7 heteroatoms. The largest absolute Gasteiger partial charge is 0.278 e. The van der Waals surface area contributed by atoms with E-state index in [4.69, 9.17) is 10.1 Å². The Labute approximate surface area is 156 Å². The molecule has 136 valence electrons. The number of fused-ring (bicyclic) bond motifs is 5. The number of hydrogen-bond donors (Lipinski definition) is 2.